The molecule has 1 atom stereocenters. The van der Waals surface area contributed by atoms with Crippen LogP contribution in [0.5, 0.6) is 0 Å². The van der Waals surface area contributed by atoms with Crippen molar-refractivity contribution in [3.8, 4) is 0 Å². The van der Waals surface area contributed by atoms with Gasteiger partial charge < -0.3 is 9.80 Å². The molecule has 3 rings (SSSR count). The van der Waals surface area contributed by atoms with Crippen LogP contribution in [0.1, 0.15) is 57.2 Å². The molecule has 1 unspecified atom stereocenters. The third-order valence-electron chi connectivity index (χ3n) is 5.81. The molecule has 1 aromatic heterocycles. The Bertz CT molecular complexity index is 734. The van der Waals surface area contributed by atoms with Gasteiger partial charge in [0.25, 0.3) is 5.91 Å². The third kappa shape index (κ3) is 3.41. The summed E-state index contributed by atoms with van der Waals surface area (Å²) in [6.07, 6.45) is 6.51. The first-order chi connectivity index (χ1) is 12.5. The molecule has 0 spiro atoms. The van der Waals surface area contributed by atoms with Crippen LogP contribution < -0.4 is 0 Å². The monoisotopic (exact) mass is 358 g/mol. The molecule has 0 N–H and O–H groups in total. The molecule has 1 saturated carbocycles. The van der Waals surface area contributed by atoms with E-state index in [-0.39, 0.29) is 24.3 Å². The number of aromatic nitrogens is 2. The molecule has 6 nitrogen and oxygen atoms in total. The fourth-order valence-electron chi connectivity index (χ4n) is 4.18. The average Bonchev–Trinajstić information content (AvgIpc) is 3.12. The van der Waals surface area contributed by atoms with E-state index in [1.165, 1.54) is 5.57 Å². The lowest BCUT2D eigenvalue weighted by Gasteiger charge is -2.26. The molecule has 2 amide bonds. The summed E-state index contributed by atoms with van der Waals surface area (Å²) < 4.78 is 1.90. The molecule has 1 fully saturated rings. The molecule has 26 heavy (non-hydrogen) atoms. The van der Waals surface area contributed by atoms with Crippen LogP contribution in [-0.4, -0.2) is 51.0 Å². The lowest BCUT2D eigenvalue weighted by Crippen LogP contribution is -2.34. The van der Waals surface area contributed by atoms with Crippen LogP contribution in [0.3, 0.4) is 0 Å². The van der Waals surface area contributed by atoms with Crippen molar-refractivity contribution >= 4 is 11.8 Å². The first-order valence-electron chi connectivity index (χ1n) is 9.76. The predicted molar refractivity (Wildman–Crippen MR) is 100 cm³/mol. The Morgan fingerprint density at radius 3 is 2.77 bits per heavy atom. The summed E-state index contributed by atoms with van der Waals surface area (Å²) in [5, 5.41) is 4.46. The summed E-state index contributed by atoms with van der Waals surface area (Å²) >= 11 is 0. The van der Waals surface area contributed by atoms with Crippen molar-refractivity contribution < 1.29 is 9.59 Å². The molecule has 0 bridgehead atoms. The summed E-state index contributed by atoms with van der Waals surface area (Å²) in [5.74, 6) is 0.0814. The van der Waals surface area contributed by atoms with Gasteiger partial charge in [-0.25, -0.2) is 0 Å². The van der Waals surface area contributed by atoms with Crippen LogP contribution in [0, 0.1) is 6.92 Å². The molecule has 1 aliphatic carbocycles. The second-order valence-corrected chi connectivity index (χ2v) is 7.36. The van der Waals surface area contributed by atoms with Gasteiger partial charge in [0.2, 0.25) is 5.91 Å². The predicted octanol–water partition coefficient (Wildman–Crippen LogP) is 2.66. The maximum absolute atomic E-state index is 12.9. The van der Waals surface area contributed by atoms with Crippen LogP contribution in [0.25, 0.3) is 0 Å². The van der Waals surface area contributed by atoms with Gasteiger partial charge in [0.05, 0.1) is 18.2 Å². The Labute approximate surface area is 155 Å². The Hall–Kier alpha value is -2.11. The number of carbonyl (C=O) groups is 2. The highest BCUT2D eigenvalue weighted by Crippen LogP contribution is 2.37. The zero-order valence-corrected chi connectivity index (χ0v) is 16.4. The standard InChI is InChI=1S/C20H30N4O2/c1-5-23(12-15-13-24(6-2)21-14(15)3)19(25)11-17-16-9-7-8-10-18(16)22(4)20(17)26/h13,18H,5-12H2,1-4H3. The molecule has 0 aromatic carbocycles. The fourth-order valence-corrected chi connectivity index (χ4v) is 4.18. The van der Waals surface area contributed by atoms with Crippen molar-refractivity contribution in [2.45, 2.75) is 72.0 Å². The van der Waals surface area contributed by atoms with Gasteiger partial charge in [-0.15, -0.1) is 0 Å². The number of carbonyl (C=O) groups excluding carboxylic acids is 2. The van der Waals surface area contributed by atoms with Gasteiger partial charge >= 0.3 is 0 Å². The summed E-state index contributed by atoms with van der Waals surface area (Å²) in [6.45, 7) is 8.02. The second-order valence-electron chi connectivity index (χ2n) is 7.36. The zero-order chi connectivity index (χ0) is 18.8. The summed E-state index contributed by atoms with van der Waals surface area (Å²) in [7, 11) is 1.87. The molecule has 1 aromatic rings. The summed E-state index contributed by atoms with van der Waals surface area (Å²) in [6, 6.07) is 0.221. The lowest BCUT2D eigenvalue weighted by atomic mass is 9.88. The van der Waals surface area contributed by atoms with Crippen LogP contribution in [0.4, 0.5) is 0 Å². The second kappa shape index (κ2) is 7.64. The van der Waals surface area contributed by atoms with Gasteiger partial charge in [0, 0.05) is 44.0 Å². The highest BCUT2D eigenvalue weighted by molar-refractivity contribution is 6.02. The Morgan fingerprint density at radius 1 is 1.35 bits per heavy atom. The molecule has 1 aliphatic heterocycles. The number of hydrogen-bond donors (Lipinski definition) is 0. The van der Waals surface area contributed by atoms with Crippen molar-refractivity contribution in [3.05, 3.63) is 28.6 Å². The van der Waals surface area contributed by atoms with E-state index >= 15 is 0 Å². The Balaban J connectivity index is 1.74. The van der Waals surface area contributed by atoms with E-state index < -0.39 is 0 Å². The highest BCUT2D eigenvalue weighted by atomic mass is 16.2. The van der Waals surface area contributed by atoms with Gasteiger partial charge in [0.1, 0.15) is 0 Å². The van der Waals surface area contributed by atoms with E-state index in [0.717, 1.165) is 49.1 Å². The van der Waals surface area contributed by atoms with E-state index in [4.69, 9.17) is 0 Å². The summed E-state index contributed by atoms with van der Waals surface area (Å²) in [5.41, 5.74) is 4.00. The van der Waals surface area contributed by atoms with Crippen LogP contribution in [0.15, 0.2) is 17.3 Å². The van der Waals surface area contributed by atoms with E-state index in [2.05, 4.69) is 12.0 Å². The zero-order valence-electron chi connectivity index (χ0n) is 16.4. The third-order valence-corrected chi connectivity index (χ3v) is 5.81. The van der Waals surface area contributed by atoms with E-state index in [1.54, 1.807) is 0 Å². The average molecular weight is 358 g/mol. The van der Waals surface area contributed by atoms with Gasteiger partial charge in [-0.3, -0.25) is 14.3 Å². The minimum atomic E-state index is 0.0339. The first kappa shape index (κ1) is 18.7. The first-order valence-corrected chi connectivity index (χ1v) is 9.76. The van der Waals surface area contributed by atoms with Gasteiger partial charge in [-0.1, -0.05) is 6.42 Å². The number of fused-ring (bicyclic) bond motifs is 1. The number of hydrogen-bond acceptors (Lipinski definition) is 3. The fraction of sp³-hybridized carbons (Fsp3) is 0.650. The maximum Gasteiger partial charge on any atom is 0.250 e. The highest BCUT2D eigenvalue weighted by Gasteiger charge is 2.38. The Morgan fingerprint density at radius 2 is 2.12 bits per heavy atom. The van der Waals surface area contributed by atoms with Crippen molar-refractivity contribution in [2.24, 2.45) is 0 Å². The van der Waals surface area contributed by atoms with Crippen molar-refractivity contribution in [1.82, 2.24) is 19.6 Å². The Kier molecular flexibility index (Phi) is 5.49. The van der Waals surface area contributed by atoms with E-state index in [1.807, 2.05) is 41.6 Å². The number of nitrogens with zero attached hydrogens (tertiary/aromatic N) is 4. The number of aryl methyl sites for hydroxylation is 2. The number of amides is 2. The van der Waals surface area contributed by atoms with Gasteiger partial charge in [0.15, 0.2) is 0 Å². The summed E-state index contributed by atoms with van der Waals surface area (Å²) in [4.78, 5) is 29.3. The minimum absolute atomic E-state index is 0.0339. The molecular formula is C20H30N4O2. The molecular weight excluding hydrogens is 328 g/mol. The van der Waals surface area contributed by atoms with Crippen LogP contribution >= 0.6 is 0 Å². The SMILES string of the molecule is CCN(Cc1cn(CC)nc1C)C(=O)CC1=C2CCCCC2N(C)C1=O. The largest absolute Gasteiger partial charge is 0.338 e. The van der Waals surface area contributed by atoms with Crippen molar-refractivity contribution in [3.63, 3.8) is 0 Å². The quantitative estimate of drug-likeness (QED) is 0.785. The van der Waals surface area contributed by atoms with E-state index in [0.29, 0.717) is 13.1 Å². The minimum Gasteiger partial charge on any atom is -0.338 e. The van der Waals surface area contributed by atoms with Crippen molar-refractivity contribution in [1.29, 1.82) is 0 Å². The molecule has 142 valence electrons. The van der Waals surface area contributed by atoms with Gasteiger partial charge in [-0.05, 0) is 45.6 Å². The smallest absolute Gasteiger partial charge is 0.250 e. The van der Waals surface area contributed by atoms with Gasteiger partial charge in [-0.2, -0.15) is 5.10 Å². The number of likely N-dealkylation sites (N-methyl/N-ethyl adjacent to an activating group) is 1. The normalized spacial score (nSPS) is 19.9. The molecule has 0 saturated heterocycles. The molecule has 0 radical (unpaired) electrons. The molecule has 2 heterocycles. The maximum atomic E-state index is 12.9. The molecule has 2 aliphatic rings. The number of rotatable bonds is 6. The van der Waals surface area contributed by atoms with Crippen LogP contribution in [0.2, 0.25) is 0 Å². The topological polar surface area (TPSA) is 58.4 Å². The van der Waals surface area contributed by atoms with E-state index in [9.17, 15) is 9.59 Å². The lowest BCUT2D eigenvalue weighted by molar-refractivity contribution is -0.133. The van der Waals surface area contributed by atoms with Crippen LogP contribution in [-0.2, 0) is 22.7 Å². The molecule has 6 heteroatoms. The van der Waals surface area contributed by atoms with Crippen molar-refractivity contribution in [2.75, 3.05) is 13.6 Å².